The van der Waals surface area contributed by atoms with E-state index in [4.69, 9.17) is 10.5 Å². The third-order valence-corrected chi connectivity index (χ3v) is 2.29. The van der Waals surface area contributed by atoms with Crippen LogP contribution in [0.5, 0.6) is 0 Å². The third-order valence-electron chi connectivity index (χ3n) is 2.29. The van der Waals surface area contributed by atoms with Gasteiger partial charge in [-0.05, 0) is 0 Å². The largest absolute Gasteiger partial charge is 0.393 e. The summed E-state index contributed by atoms with van der Waals surface area (Å²) in [7, 11) is 1.56. The Morgan fingerprint density at radius 3 is 2.64 bits per heavy atom. The molecule has 0 spiro atoms. The SMILES string of the molecule is Cn1cc(N)c(=O)n(C2COC2)c1=O. The van der Waals surface area contributed by atoms with Gasteiger partial charge < -0.3 is 15.0 Å². The topological polar surface area (TPSA) is 79.2 Å². The van der Waals surface area contributed by atoms with E-state index in [1.54, 1.807) is 7.05 Å². The van der Waals surface area contributed by atoms with Crippen LogP contribution in [0.4, 0.5) is 5.69 Å². The average Bonchev–Trinajstić information content (AvgIpc) is 2.06. The Kier molecular flexibility index (Phi) is 1.92. The minimum absolute atomic E-state index is 0.0824. The summed E-state index contributed by atoms with van der Waals surface area (Å²) in [6.45, 7) is 0.803. The van der Waals surface area contributed by atoms with Crippen molar-refractivity contribution >= 4 is 5.69 Å². The second kappa shape index (κ2) is 2.98. The zero-order valence-corrected chi connectivity index (χ0v) is 7.77. The van der Waals surface area contributed by atoms with Gasteiger partial charge in [-0.1, -0.05) is 0 Å². The van der Waals surface area contributed by atoms with E-state index in [1.165, 1.54) is 10.8 Å². The van der Waals surface area contributed by atoms with Crippen LogP contribution >= 0.6 is 0 Å². The van der Waals surface area contributed by atoms with Crippen molar-refractivity contribution in [3.05, 3.63) is 27.0 Å². The smallest absolute Gasteiger partial charge is 0.331 e. The lowest BCUT2D eigenvalue weighted by Gasteiger charge is -2.27. The van der Waals surface area contributed by atoms with Crippen molar-refractivity contribution < 1.29 is 4.74 Å². The number of nitrogen functional groups attached to an aromatic ring is 1. The van der Waals surface area contributed by atoms with Gasteiger partial charge >= 0.3 is 5.69 Å². The lowest BCUT2D eigenvalue weighted by Crippen LogP contribution is -2.48. The molecule has 1 fully saturated rings. The first-order valence-corrected chi connectivity index (χ1v) is 4.26. The predicted molar refractivity (Wildman–Crippen MR) is 50.2 cm³/mol. The summed E-state index contributed by atoms with van der Waals surface area (Å²) in [6, 6.07) is -0.162. The van der Waals surface area contributed by atoms with Crippen molar-refractivity contribution in [1.29, 1.82) is 0 Å². The van der Waals surface area contributed by atoms with E-state index in [-0.39, 0.29) is 17.4 Å². The van der Waals surface area contributed by atoms with E-state index in [0.717, 1.165) is 4.57 Å². The zero-order chi connectivity index (χ0) is 10.3. The lowest BCUT2D eigenvalue weighted by molar-refractivity contribution is -0.0270. The first-order valence-electron chi connectivity index (χ1n) is 4.26. The minimum atomic E-state index is -0.429. The fourth-order valence-electron chi connectivity index (χ4n) is 1.41. The maximum atomic E-state index is 11.6. The summed E-state index contributed by atoms with van der Waals surface area (Å²) in [5.41, 5.74) is 4.78. The molecule has 1 aliphatic rings. The van der Waals surface area contributed by atoms with Crippen LogP contribution in [0.3, 0.4) is 0 Å². The van der Waals surface area contributed by atoms with Crippen molar-refractivity contribution in [2.45, 2.75) is 6.04 Å². The fourth-order valence-corrected chi connectivity index (χ4v) is 1.41. The van der Waals surface area contributed by atoms with E-state index >= 15 is 0 Å². The molecule has 76 valence electrons. The van der Waals surface area contributed by atoms with Crippen LogP contribution in [0, 0.1) is 0 Å². The number of hydrogen-bond acceptors (Lipinski definition) is 4. The van der Waals surface area contributed by atoms with Crippen LogP contribution in [0.15, 0.2) is 15.8 Å². The van der Waals surface area contributed by atoms with Crippen molar-refractivity contribution in [2.75, 3.05) is 18.9 Å². The molecule has 0 amide bonds. The molecular weight excluding hydrogens is 186 g/mol. The Morgan fingerprint density at radius 1 is 1.50 bits per heavy atom. The molecule has 0 aliphatic carbocycles. The Labute approximate surface area is 79.5 Å². The molecule has 14 heavy (non-hydrogen) atoms. The Balaban J connectivity index is 2.67. The summed E-state index contributed by atoms with van der Waals surface area (Å²) < 4.78 is 7.38. The molecule has 2 heterocycles. The Hall–Kier alpha value is -1.56. The molecule has 0 radical (unpaired) electrons. The van der Waals surface area contributed by atoms with Gasteiger partial charge in [-0.3, -0.25) is 9.36 Å². The number of nitrogens with zero attached hydrogens (tertiary/aromatic N) is 2. The Bertz CT molecular complexity index is 435. The van der Waals surface area contributed by atoms with Gasteiger partial charge in [-0.2, -0.15) is 0 Å². The van der Waals surface area contributed by atoms with Crippen LogP contribution < -0.4 is 17.0 Å². The van der Waals surface area contributed by atoms with Crippen molar-refractivity contribution in [3.63, 3.8) is 0 Å². The number of hydrogen-bond donors (Lipinski definition) is 1. The van der Waals surface area contributed by atoms with Gasteiger partial charge in [0.25, 0.3) is 5.56 Å². The summed E-state index contributed by atoms with van der Waals surface area (Å²) in [5, 5.41) is 0. The van der Waals surface area contributed by atoms with E-state index < -0.39 is 5.56 Å². The van der Waals surface area contributed by atoms with Gasteiger partial charge in [0.1, 0.15) is 5.69 Å². The van der Waals surface area contributed by atoms with E-state index in [0.29, 0.717) is 13.2 Å². The van der Waals surface area contributed by atoms with Gasteiger partial charge in [0.05, 0.1) is 19.3 Å². The monoisotopic (exact) mass is 197 g/mol. The quantitative estimate of drug-likeness (QED) is 0.607. The molecule has 6 heteroatoms. The number of aryl methyl sites for hydroxylation is 1. The van der Waals surface area contributed by atoms with Gasteiger partial charge in [-0.25, -0.2) is 4.79 Å². The average molecular weight is 197 g/mol. The first-order chi connectivity index (χ1) is 6.61. The van der Waals surface area contributed by atoms with Crippen molar-refractivity contribution in [3.8, 4) is 0 Å². The highest BCUT2D eigenvalue weighted by atomic mass is 16.5. The number of ether oxygens (including phenoxy) is 1. The normalized spacial score (nSPS) is 16.6. The second-order valence-electron chi connectivity index (χ2n) is 3.34. The van der Waals surface area contributed by atoms with Crippen molar-refractivity contribution in [1.82, 2.24) is 9.13 Å². The summed E-state index contributed by atoms with van der Waals surface area (Å²) >= 11 is 0. The molecule has 2 rings (SSSR count). The van der Waals surface area contributed by atoms with Crippen LogP contribution in [-0.4, -0.2) is 22.3 Å². The maximum absolute atomic E-state index is 11.6. The van der Waals surface area contributed by atoms with Gasteiger partial charge in [0.2, 0.25) is 0 Å². The second-order valence-corrected chi connectivity index (χ2v) is 3.34. The molecule has 1 aromatic heterocycles. The molecule has 1 aromatic rings. The number of nitrogens with two attached hydrogens (primary N) is 1. The number of anilines is 1. The highest BCUT2D eigenvalue weighted by Gasteiger charge is 2.24. The maximum Gasteiger partial charge on any atom is 0.331 e. The molecule has 0 aromatic carbocycles. The minimum Gasteiger partial charge on any atom is -0.393 e. The standard InChI is InChI=1S/C8H11N3O3/c1-10-2-6(9)7(12)11(8(10)13)5-3-14-4-5/h2,5H,3-4,9H2,1H3. The van der Waals surface area contributed by atoms with Gasteiger partial charge in [-0.15, -0.1) is 0 Å². The molecule has 0 unspecified atom stereocenters. The Morgan fingerprint density at radius 2 is 2.14 bits per heavy atom. The zero-order valence-electron chi connectivity index (χ0n) is 7.77. The summed E-state index contributed by atoms with van der Waals surface area (Å²) in [6.07, 6.45) is 1.33. The van der Waals surface area contributed by atoms with Crippen LogP contribution in [0.25, 0.3) is 0 Å². The molecule has 1 saturated heterocycles. The fraction of sp³-hybridized carbons (Fsp3) is 0.500. The predicted octanol–water partition coefficient (Wildman–Crippen LogP) is -1.30. The highest BCUT2D eigenvalue weighted by Crippen LogP contribution is 2.12. The summed E-state index contributed by atoms with van der Waals surface area (Å²) in [5.74, 6) is 0. The van der Waals surface area contributed by atoms with Gasteiger partial charge in [0.15, 0.2) is 0 Å². The highest BCUT2D eigenvalue weighted by molar-refractivity contribution is 5.31. The van der Waals surface area contributed by atoms with E-state index in [9.17, 15) is 9.59 Å². The van der Waals surface area contributed by atoms with E-state index in [2.05, 4.69) is 0 Å². The van der Waals surface area contributed by atoms with Crippen molar-refractivity contribution in [2.24, 2.45) is 7.05 Å². The first kappa shape index (κ1) is 9.01. The molecule has 6 nitrogen and oxygen atoms in total. The van der Waals surface area contributed by atoms with Crippen LogP contribution in [0.2, 0.25) is 0 Å². The van der Waals surface area contributed by atoms with E-state index in [1.807, 2.05) is 0 Å². The number of rotatable bonds is 1. The van der Waals surface area contributed by atoms with Crippen LogP contribution in [-0.2, 0) is 11.8 Å². The molecule has 0 bridgehead atoms. The molecular formula is C8H11N3O3. The summed E-state index contributed by atoms with van der Waals surface area (Å²) in [4.78, 5) is 23.1. The van der Waals surface area contributed by atoms with Crippen LogP contribution in [0.1, 0.15) is 6.04 Å². The number of aromatic nitrogens is 2. The lowest BCUT2D eigenvalue weighted by atomic mass is 10.2. The molecule has 0 atom stereocenters. The molecule has 1 aliphatic heterocycles. The third kappa shape index (κ3) is 1.15. The molecule has 0 saturated carbocycles. The van der Waals surface area contributed by atoms with Gasteiger partial charge in [0, 0.05) is 13.2 Å². The molecule has 2 N–H and O–H groups in total.